The summed E-state index contributed by atoms with van der Waals surface area (Å²) in [5.41, 5.74) is 5.88. The molecule has 94 valence electrons. The summed E-state index contributed by atoms with van der Waals surface area (Å²) in [6, 6.07) is -0.383. The van der Waals surface area contributed by atoms with Gasteiger partial charge >= 0.3 is 0 Å². The molecule has 4 nitrogen and oxygen atoms in total. The van der Waals surface area contributed by atoms with Gasteiger partial charge in [0.25, 0.3) is 0 Å². The van der Waals surface area contributed by atoms with Crippen molar-refractivity contribution >= 4 is 5.91 Å². The highest BCUT2D eigenvalue weighted by Crippen LogP contribution is 2.20. The molecule has 1 aliphatic rings. The topological polar surface area (TPSA) is 55.6 Å². The lowest BCUT2D eigenvalue weighted by molar-refractivity contribution is -0.138. The van der Waals surface area contributed by atoms with Gasteiger partial charge in [0, 0.05) is 20.2 Å². The Bertz CT molecular complexity index is 243. The smallest absolute Gasteiger partial charge is 0.239 e. The molecule has 0 radical (unpaired) electrons. The summed E-state index contributed by atoms with van der Waals surface area (Å²) < 4.78 is 5.39. The number of hydrogen-bond acceptors (Lipinski definition) is 3. The number of piperidine rings is 1. The number of hydrogen-bond donors (Lipinski definition) is 1. The van der Waals surface area contributed by atoms with Crippen molar-refractivity contribution < 1.29 is 9.53 Å². The lowest BCUT2D eigenvalue weighted by atomic mass is 9.94. The predicted octanol–water partition coefficient (Wildman–Crippen LogP) is 0.853. The Morgan fingerprint density at radius 3 is 2.62 bits per heavy atom. The van der Waals surface area contributed by atoms with Crippen molar-refractivity contribution in [1.82, 2.24) is 4.90 Å². The lowest BCUT2D eigenvalue weighted by Gasteiger charge is -2.37. The molecule has 0 aromatic rings. The average Bonchev–Trinajstić information content (AvgIpc) is 2.27. The van der Waals surface area contributed by atoms with E-state index in [-0.39, 0.29) is 24.0 Å². The van der Waals surface area contributed by atoms with Gasteiger partial charge in [0.15, 0.2) is 0 Å². The van der Waals surface area contributed by atoms with Crippen LogP contribution >= 0.6 is 0 Å². The van der Waals surface area contributed by atoms with Crippen molar-refractivity contribution in [2.24, 2.45) is 17.6 Å². The molecule has 0 aromatic carbocycles. The van der Waals surface area contributed by atoms with E-state index in [9.17, 15) is 4.79 Å². The Balaban J connectivity index is 2.58. The monoisotopic (exact) mass is 228 g/mol. The van der Waals surface area contributed by atoms with E-state index < -0.39 is 0 Å². The second-order valence-electron chi connectivity index (χ2n) is 5.09. The number of nitrogens with zero attached hydrogens (tertiary/aromatic N) is 1. The normalized spacial score (nSPS) is 28.2. The zero-order chi connectivity index (χ0) is 12.3. The van der Waals surface area contributed by atoms with E-state index >= 15 is 0 Å². The number of carbonyl (C=O) groups excluding carboxylic acids is 1. The van der Waals surface area contributed by atoms with Crippen LogP contribution in [0.2, 0.25) is 0 Å². The molecular formula is C12H24N2O2. The highest BCUT2D eigenvalue weighted by Gasteiger charge is 2.31. The zero-order valence-electron chi connectivity index (χ0n) is 10.8. The zero-order valence-corrected chi connectivity index (χ0v) is 10.8. The van der Waals surface area contributed by atoms with Gasteiger partial charge in [-0.3, -0.25) is 4.79 Å². The molecular weight excluding hydrogens is 204 g/mol. The number of ether oxygens (including phenoxy) is 1. The number of nitrogens with two attached hydrogens (primary N) is 1. The maximum Gasteiger partial charge on any atom is 0.239 e. The molecule has 3 atom stereocenters. The number of amides is 1. The van der Waals surface area contributed by atoms with Gasteiger partial charge in [-0.25, -0.2) is 0 Å². The standard InChI is InChI=1S/C12H24N2O2/c1-8(2)11(13)12(15)14-6-5-9(3)10(7-14)16-4/h8-11H,5-7,13H2,1-4H3. The first kappa shape index (κ1) is 13.5. The van der Waals surface area contributed by atoms with Crippen LogP contribution in [0.3, 0.4) is 0 Å². The fourth-order valence-electron chi connectivity index (χ4n) is 2.04. The van der Waals surface area contributed by atoms with Gasteiger partial charge in [0.2, 0.25) is 5.91 Å². The Hall–Kier alpha value is -0.610. The minimum atomic E-state index is -0.383. The van der Waals surface area contributed by atoms with Gasteiger partial charge < -0.3 is 15.4 Å². The SMILES string of the molecule is COC1CN(C(=O)C(N)C(C)C)CCC1C. The molecule has 1 fully saturated rings. The molecule has 1 heterocycles. The van der Waals surface area contributed by atoms with Gasteiger partial charge in [-0.15, -0.1) is 0 Å². The van der Waals surface area contributed by atoms with Crippen LogP contribution in [-0.4, -0.2) is 43.2 Å². The molecule has 4 heteroatoms. The van der Waals surface area contributed by atoms with E-state index in [4.69, 9.17) is 10.5 Å². The van der Waals surface area contributed by atoms with E-state index in [0.29, 0.717) is 12.5 Å². The molecule has 2 N–H and O–H groups in total. The molecule has 0 aromatic heterocycles. The van der Waals surface area contributed by atoms with Gasteiger partial charge in [-0.2, -0.15) is 0 Å². The summed E-state index contributed by atoms with van der Waals surface area (Å²) in [5.74, 6) is 0.765. The minimum absolute atomic E-state index is 0.0592. The van der Waals surface area contributed by atoms with Crippen LogP contribution in [0.5, 0.6) is 0 Å². The average molecular weight is 228 g/mol. The fraction of sp³-hybridized carbons (Fsp3) is 0.917. The first-order valence-corrected chi connectivity index (χ1v) is 6.04. The summed E-state index contributed by atoms with van der Waals surface area (Å²) in [4.78, 5) is 13.9. The van der Waals surface area contributed by atoms with Gasteiger partial charge in [-0.05, 0) is 18.3 Å². The summed E-state index contributed by atoms with van der Waals surface area (Å²) in [6.45, 7) is 7.60. The maximum absolute atomic E-state index is 12.1. The Morgan fingerprint density at radius 1 is 1.50 bits per heavy atom. The molecule has 1 rings (SSSR count). The number of likely N-dealkylation sites (tertiary alicyclic amines) is 1. The number of carbonyl (C=O) groups is 1. The Kier molecular flexibility index (Phi) is 4.74. The van der Waals surface area contributed by atoms with Crippen molar-refractivity contribution in [3.05, 3.63) is 0 Å². The van der Waals surface area contributed by atoms with Crippen molar-refractivity contribution in [3.63, 3.8) is 0 Å². The second kappa shape index (κ2) is 5.64. The Labute approximate surface area is 98.1 Å². The van der Waals surface area contributed by atoms with Gasteiger partial charge in [0.05, 0.1) is 12.1 Å². The largest absolute Gasteiger partial charge is 0.379 e. The third-order valence-electron chi connectivity index (χ3n) is 3.51. The molecule has 0 saturated carbocycles. The summed E-state index contributed by atoms with van der Waals surface area (Å²) in [6.07, 6.45) is 1.15. The van der Waals surface area contributed by atoms with E-state index in [2.05, 4.69) is 6.92 Å². The minimum Gasteiger partial charge on any atom is -0.379 e. The van der Waals surface area contributed by atoms with Crippen molar-refractivity contribution in [1.29, 1.82) is 0 Å². The van der Waals surface area contributed by atoms with Crippen molar-refractivity contribution in [3.8, 4) is 0 Å². The van der Waals surface area contributed by atoms with Crippen LogP contribution in [0, 0.1) is 11.8 Å². The fourth-order valence-corrected chi connectivity index (χ4v) is 2.04. The second-order valence-corrected chi connectivity index (χ2v) is 5.09. The maximum atomic E-state index is 12.1. The summed E-state index contributed by atoms with van der Waals surface area (Å²) in [7, 11) is 1.71. The highest BCUT2D eigenvalue weighted by atomic mass is 16.5. The molecule has 3 unspecified atom stereocenters. The van der Waals surface area contributed by atoms with E-state index in [1.165, 1.54) is 0 Å². The van der Waals surface area contributed by atoms with Gasteiger partial charge in [0.1, 0.15) is 0 Å². The molecule has 1 amide bonds. The number of methoxy groups -OCH3 is 1. The van der Waals surface area contributed by atoms with Crippen LogP contribution in [-0.2, 0) is 9.53 Å². The van der Waals surface area contributed by atoms with E-state index in [0.717, 1.165) is 13.0 Å². The van der Waals surface area contributed by atoms with E-state index in [1.807, 2.05) is 18.7 Å². The summed E-state index contributed by atoms with van der Waals surface area (Å²) in [5, 5.41) is 0. The first-order valence-electron chi connectivity index (χ1n) is 6.04. The van der Waals surface area contributed by atoms with Gasteiger partial charge in [-0.1, -0.05) is 20.8 Å². The molecule has 1 saturated heterocycles. The highest BCUT2D eigenvalue weighted by molar-refractivity contribution is 5.82. The molecule has 0 aliphatic carbocycles. The third kappa shape index (κ3) is 2.95. The first-order chi connectivity index (χ1) is 7.47. The van der Waals surface area contributed by atoms with Crippen molar-refractivity contribution in [2.45, 2.75) is 39.3 Å². The van der Waals surface area contributed by atoms with Crippen LogP contribution in [0.1, 0.15) is 27.2 Å². The quantitative estimate of drug-likeness (QED) is 0.779. The molecule has 0 bridgehead atoms. The number of rotatable bonds is 3. The van der Waals surface area contributed by atoms with Crippen molar-refractivity contribution in [2.75, 3.05) is 20.2 Å². The molecule has 1 aliphatic heterocycles. The summed E-state index contributed by atoms with van der Waals surface area (Å²) >= 11 is 0. The van der Waals surface area contributed by atoms with Crippen LogP contribution in [0.25, 0.3) is 0 Å². The van der Waals surface area contributed by atoms with Crippen LogP contribution < -0.4 is 5.73 Å². The lowest BCUT2D eigenvalue weighted by Crippen LogP contribution is -2.53. The van der Waals surface area contributed by atoms with Crippen LogP contribution in [0.4, 0.5) is 0 Å². The predicted molar refractivity (Wildman–Crippen MR) is 64.0 cm³/mol. The Morgan fingerprint density at radius 2 is 2.12 bits per heavy atom. The third-order valence-corrected chi connectivity index (χ3v) is 3.51. The molecule has 16 heavy (non-hydrogen) atoms. The van der Waals surface area contributed by atoms with E-state index in [1.54, 1.807) is 7.11 Å². The molecule has 0 spiro atoms. The van der Waals surface area contributed by atoms with Crippen LogP contribution in [0.15, 0.2) is 0 Å².